The predicted octanol–water partition coefficient (Wildman–Crippen LogP) is 2.33. The maximum atomic E-state index is 12.9. The predicted molar refractivity (Wildman–Crippen MR) is 112 cm³/mol. The van der Waals surface area contributed by atoms with E-state index < -0.39 is 11.5 Å². The van der Waals surface area contributed by atoms with Gasteiger partial charge in [-0.15, -0.1) is 11.3 Å². The molecule has 3 amide bonds. The zero-order valence-corrected chi connectivity index (χ0v) is 17.0. The lowest BCUT2D eigenvalue weighted by Gasteiger charge is -2.42. The summed E-state index contributed by atoms with van der Waals surface area (Å²) in [4.78, 5) is 39.9. The molecule has 2 aliphatic rings. The summed E-state index contributed by atoms with van der Waals surface area (Å²) in [6.07, 6.45) is 2.76. The van der Waals surface area contributed by atoms with Crippen LogP contribution < -0.4 is 11.1 Å². The highest BCUT2D eigenvalue weighted by Gasteiger charge is 2.44. The van der Waals surface area contributed by atoms with Crippen LogP contribution in [0.1, 0.15) is 31.2 Å². The third-order valence-corrected chi connectivity index (χ3v) is 6.94. The third kappa shape index (κ3) is 3.92. The average molecular weight is 412 g/mol. The van der Waals surface area contributed by atoms with Gasteiger partial charge >= 0.3 is 0 Å². The number of amides is 3. The van der Waals surface area contributed by atoms with E-state index in [9.17, 15) is 14.4 Å². The molecule has 1 aromatic carbocycles. The third-order valence-electron chi connectivity index (χ3n) is 6.04. The molecule has 0 spiro atoms. The van der Waals surface area contributed by atoms with E-state index >= 15 is 0 Å². The highest BCUT2D eigenvalue weighted by atomic mass is 32.1. The summed E-state index contributed by atoms with van der Waals surface area (Å²) < 4.78 is 0. The van der Waals surface area contributed by atoms with Crippen molar-refractivity contribution in [1.29, 1.82) is 0 Å². The molecule has 4 rings (SSSR count). The molecule has 2 aliphatic heterocycles. The van der Waals surface area contributed by atoms with Crippen LogP contribution in [-0.2, 0) is 20.8 Å². The Labute approximate surface area is 174 Å². The van der Waals surface area contributed by atoms with E-state index in [0.29, 0.717) is 38.8 Å². The van der Waals surface area contributed by atoms with Crippen LogP contribution in [0.15, 0.2) is 41.8 Å². The van der Waals surface area contributed by atoms with E-state index in [2.05, 4.69) is 17.4 Å². The number of nitrogens with one attached hydrogen (secondary N) is 1. The molecule has 7 heteroatoms. The smallest absolute Gasteiger partial charge is 0.245 e. The lowest BCUT2D eigenvalue weighted by atomic mass is 9.73. The minimum atomic E-state index is -0.802. The summed E-state index contributed by atoms with van der Waals surface area (Å²) in [6.45, 7) is 0.888. The fraction of sp³-hybridized carbons (Fsp3) is 0.409. The van der Waals surface area contributed by atoms with Crippen LogP contribution in [0.2, 0.25) is 0 Å². The fourth-order valence-electron chi connectivity index (χ4n) is 4.48. The molecule has 2 atom stereocenters. The van der Waals surface area contributed by atoms with Gasteiger partial charge < -0.3 is 16.0 Å². The SMILES string of the molecule is NC(=O)[C@]1(Cc2ccccc2-c2cccs2)CCCN(C(=O)[C@@H]2CCC(=O)N2)C1. The molecule has 2 saturated heterocycles. The van der Waals surface area contributed by atoms with Gasteiger partial charge in [0.15, 0.2) is 0 Å². The van der Waals surface area contributed by atoms with Gasteiger partial charge in [0.2, 0.25) is 17.7 Å². The van der Waals surface area contributed by atoms with E-state index in [0.717, 1.165) is 22.4 Å². The van der Waals surface area contributed by atoms with E-state index in [-0.39, 0.29) is 17.7 Å². The van der Waals surface area contributed by atoms with Crippen LogP contribution >= 0.6 is 11.3 Å². The minimum absolute atomic E-state index is 0.0913. The Hall–Kier alpha value is -2.67. The van der Waals surface area contributed by atoms with Gasteiger partial charge in [-0.05, 0) is 48.3 Å². The standard InChI is InChI=1S/C22H25N3O3S/c23-21(28)22(13-15-5-1-2-6-16(15)18-7-3-12-29-18)10-4-11-25(14-22)20(27)17-8-9-19(26)24-17/h1-3,5-7,12,17H,4,8-11,13-14H2,(H2,23,28)(H,24,26)/t17-,22-/m0/s1. The van der Waals surface area contributed by atoms with Crippen molar-refractivity contribution in [1.82, 2.24) is 10.2 Å². The normalized spacial score (nSPS) is 24.3. The van der Waals surface area contributed by atoms with Crippen molar-refractivity contribution in [2.75, 3.05) is 13.1 Å². The summed E-state index contributed by atoms with van der Waals surface area (Å²) >= 11 is 1.66. The van der Waals surface area contributed by atoms with E-state index in [1.807, 2.05) is 29.6 Å². The lowest BCUT2D eigenvalue weighted by Crippen LogP contribution is -2.56. The number of nitrogens with two attached hydrogens (primary N) is 1. The number of nitrogens with zero attached hydrogens (tertiary/aromatic N) is 1. The molecule has 3 heterocycles. The van der Waals surface area contributed by atoms with Crippen molar-refractivity contribution in [2.45, 2.75) is 38.1 Å². The van der Waals surface area contributed by atoms with Crippen LogP contribution in [0.25, 0.3) is 10.4 Å². The first kappa shape index (κ1) is 19.6. The van der Waals surface area contributed by atoms with E-state index in [4.69, 9.17) is 5.73 Å². The number of hydrogen-bond donors (Lipinski definition) is 2. The molecule has 0 bridgehead atoms. The first-order valence-corrected chi connectivity index (χ1v) is 10.9. The van der Waals surface area contributed by atoms with Crippen molar-refractivity contribution >= 4 is 29.1 Å². The number of thiophene rings is 1. The number of primary amides is 1. The number of carbonyl (C=O) groups excluding carboxylic acids is 3. The highest BCUT2D eigenvalue weighted by molar-refractivity contribution is 7.13. The second-order valence-electron chi connectivity index (χ2n) is 7.98. The Balaban J connectivity index is 1.59. The molecule has 2 aromatic rings. The van der Waals surface area contributed by atoms with Crippen LogP contribution in [-0.4, -0.2) is 41.8 Å². The second kappa shape index (κ2) is 7.99. The first-order chi connectivity index (χ1) is 14.0. The van der Waals surface area contributed by atoms with Crippen LogP contribution in [0.3, 0.4) is 0 Å². The Morgan fingerprint density at radius 2 is 2.07 bits per heavy atom. The minimum Gasteiger partial charge on any atom is -0.369 e. The van der Waals surface area contributed by atoms with Gasteiger partial charge in [0.25, 0.3) is 0 Å². The van der Waals surface area contributed by atoms with Crippen LogP contribution in [0.4, 0.5) is 0 Å². The van der Waals surface area contributed by atoms with E-state index in [1.165, 1.54) is 0 Å². The molecule has 0 aliphatic carbocycles. The Morgan fingerprint density at radius 3 is 2.76 bits per heavy atom. The Morgan fingerprint density at radius 1 is 1.24 bits per heavy atom. The fourth-order valence-corrected chi connectivity index (χ4v) is 5.27. The van der Waals surface area contributed by atoms with Crippen molar-refractivity contribution < 1.29 is 14.4 Å². The van der Waals surface area contributed by atoms with Crippen molar-refractivity contribution in [2.24, 2.45) is 11.1 Å². The molecular weight excluding hydrogens is 386 g/mol. The van der Waals surface area contributed by atoms with Crippen molar-refractivity contribution in [3.05, 3.63) is 47.3 Å². The lowest BCUT2D eigenvalue weighted by molar-refractivity contribution is -0.142. The Kier molecular flexibility index (Phi) is 5.41. The monoisotopic (exact) mass is 411 g/mol. The quantitative estimate of drug-likeness (QED) is 0.791. The topological polar surface area (TPSA) is 92.5 Å². The molecule has 29 heavy (non-hydrogen) atoms. The van der Waals surface area contributed by atoms with Crippen molar-refractivity contribution in [3.8, 4) is 10.4 Å². The van der Waals surface area contributed by atoms with E-state index in [1.54, 1.807) is 16.2 Å². The van der Waals surface area contributed by atoms with Gasteiger partial charge in [-0.25, -0.2) is 0 Å². The molecule has 6 nitrogen and oxygen atoms in total. The first-order valence-electron chi connectivity index (χ1n) is 9.98. The summed E-state index contributed by atoms with van der Waals surface area (Å²) in [5.74, 6) is -0.564. The number of carbonyl (C=O) groups is 3. The molecule has 0 saturated carbocycles. The number of piperidine rings is 1. The van der Waals surface area contributed by atoms with Gasteiger partial charge in [-0.2, -0.15) is 0 Å². The molecule has 152 valence electrons. The molecule has 3 N–H and O–H groups in total. The Bertz CT molecular complexity index is 927. The molecule has 2 fully saturated rings. The number of hydrogen-bond acceptors (Lipinski definition) is 4. The molecule has 1 aromatic heterocycles. The average Bonchev–Trinajstić information content (AvgIpc) is 3.40. The van der Waals surface area contributed by atoms with Crippen molar-refractivity contribution in [3.63, 3.8) is 0 Å². The van der Waals surface area contributed by atoms with Gasteiger partial charge in [0, 0.05) is 24.4 Å². The summed E-state index contributed by atoms with van der Waals surface area (Å²) in [7, 11) is 0. The van der Waals surface area contributed by atoms with Gasteiger partial charge in [0.1, 0.15) is 6.04 Å². The maximum Gasteiger partial charge on any atom is 0.245 e. The highest BCUT2D eigenvalue weighted by Crippen LogP contribution is 2.38. The molecular formula is C22H25N3O3S. The maximum absolute atomic E-state index is 12.9. The van der Waals surface area contributed by atoms with Gasteiger partial charge in [-0.3, -0.25) is 14.4 Å². The molecule has 0 unspecified atom stereocenters. The van der Waals surface area contributed by atoms with Crippen LogP contribution in [0, 0.1) is 5.41 Å². The van der Waals surface area contributed by atoms with Gasteiger partial charge in [0.05, 0.1) is 5.41 Å². The second-order valence-corrected chi connectivity index (χ2v) is 8.93. The zero-order chi connectivity index (χ0) is 20.4. The number of likely N-dealkylation sites (tertiary alicyclic amines) is 1. The number of benzene rings is 1. The summed E-state index contributed by atoms with van der Waals surface area (Å²) in [5.41, 5.74) is 7.28. The summed E-state index contributed by atoms with van der Waals surface area (Å²) in [5, 5.41) is 4.77. The largest absolute Gasteiger partial charge is 0.369 e. The molecule has 0 radical (unpaired) electrons. The van der Waals surface area contributed by atoms with Crippen LogP contribution in [0.5, 0.6) is 0 Å². The number of rotatable bonds is 5. The summed E-state index contributed by atoms with van der Waals surface area (Å²) in [6, 6.07) is 11.7. The zero-order valence-electron chi connectivity index (χ0n) is 16.2. The van der Waals surface area contributed by atoms with Gasteiger partial charge in [-0.1, -0.05) is 30.3 Å².